The van der Waals surface area contributed by atoms with Gasteiger partial charge in [0, 0.05) is 12.6 Å². The molecule has 1 unspecified atom stereocenters. The van der Waals surface area contributed by atoms with Crippen molar-refractivity contribution >= 4 is 15.9 Å². The molecule has 2 nitrogen and oxygen atoms in total. The van der Waals surface area contributed by atoms with Crippen molar-refractivity contribution < 1.29 is 9.13 Å². The maximum Gasteiger partial charge on any atom is 0.137 e. The lowest BCUT2D eigenvalue weighted by molar-refractivity contribution is 0.121. The second-order valence-electron chi connectivity index (χ2n) is 3.79. The van der Waals surface area contributed by atoms with E-state index in [0.29, 0.717) is 17.5 Å². The Bertz CT molecular complexity index is 333. The highest BCUT2D eigenvalue weighted by atomic mass is 79.9. The number of halogens is 2. The number of nitrogens with two attached hydrogens (primary N) is 1. The molecule has 0 aliphatic carbocycles. The van der Waals surface area contributed by atoms with Gasteiger partial charge in [-0.25, -0.2) is 4.39 Å². The van der Waals surface area contributed by atoms with Gasteiger partial charge in [-0.15, -0.1) is 0 Å². The van der Waals surface area contributed by atoms with Gasteiger partial charge in [-0.3, -0.25) is 0 Å². The highest BCUT2D eigenvalue weighted by molar-refractivity contribution is 9.10. The van der Waals surface area contributed by atoms with Gasteiger partial charge in [0.1, 0.15) is 5.82 Å². The van der Waals surface area contributed by atoms with Gasteiger partial charge >= 0.3 is 0 Å². The molecule has 0 spiro atoms. The molecule has 0 saturated carbocycles. The Kier molecular flexibility index (Phi) is 5.95. The Hall–Kier alpha value is -0.450. The van der Waals surface area contributed by atoms with E-state index in [4.69, 9.17) is 10.5 Å². The van der Waals surface area contributed by atoms with E-state index in [9.17, 15) is 4.39 Å². The molecule has 0 fully saturated rings. The Labute approximate surface area is 104 Å². The molecular weight excluding hydrogens is 273 g/mol. The van der Waals surface area contributed by atoms with Crippen LogP contribution in [0.25, 0.3) is 0 Å². The molecule has 0 aromatic heterocycles. The van der Waals surface area contributed by atoms with Crippen LogP contribution in [0.4, 0.5) is 4.39 Å². The van der Waals surface area contributed by atoms with Gasteiger partial charge < -0.3 is 10.5 Å². The average molecular weight is 290 g/mol. The zero-order valence-electron chi connectivity index (χ0n) is 9.38. The fourth-order valence-electron chi connectivity index (χ4n) is 1.41. The molecule has 0 aliphatic heterocycles. The molecule has 2 N–H and O–H groups in total. The Morgan fingerprint density at radius 3 is 2.88 bits per heavy atom. The van der Waals surface area contributed by atoms with Gasteiger partial charge in [0.05, 0.1) is 11.1 Å². The Morgan fingerprint density at radius 2 is 2.25 bits per heavy atom. The first-order valence-electron chi connectivity index (χ1n) is 5.40. The van der Waals surface area contributed by atoms with Crippen molar-refractivity contribution in [1.82, 2.24) is 0 Å². The van der Waals surface area contributed by atoms with E-state index < -0.39 is 0 Å². The monoisotopic (exact) mass is 289 g/mol. The molecule has 1 aromatic rings. The third-order valence-corrected chi connectivity index (χ3v) is 2.77. The smallest absolute Gasteiger partial charge is 0.137 e. The van der Waals surface area contributed by atoms with E-state index in [-0.39, 0.29) is 11.9 Å². The third-order valence-electron chi connectivity index (χ3n) is 2.16. The van der Waals surface area contributed by atoms with Crippen molar-refractivity contribution in [2.45, 2.75) is 25.8 Å². The fourth-order valence-corrected chi connectivity index (χ4v) is 1.83. The molecule has 1 rings (SSSR count). The van der Waals surface area contributed by atoms with Crippen LogP contribution in [0.5, 0.6) is 0 Å². The first-order valence-corrected chi connectivity index (χ1v) is 6.20. The van der Waals surface area contributed by atoms with Crippen LogP contribution < -0.4 is 5.73 Å². The maximum absolute atomic E-state index is 13.0. The highest BCUT2D eigenvalue weighted by Crippen LogP contribution is 2.17. The van der Waals surface area contributed by atoms with Crippen LogP contribution >= 0.6 is 15.9 Å². The number of hydrogen-bond acceptors (Lipinski definition) is 2. The van der Waals surface area contributed by atoms with E-state index in [2.05, 4.69) is 22.9 Å². The first kappa shape index (κ1) is 13.6. The minimum absolute atomic E-state index is 0.0380. The molecule has 0 amide bonds. The average Bonchev–Trinajstić information content (AvgIpc) is 2.24. The van der Waals surface area contributed by atoms with Crippen LogP contribution in [0.1, 0.15) is 18.9 Å². The standard InChI is InChI=1S/C12H17BrFNO/c1-2-5-16-8-10(15)6-9-3-4-12(14)11(13)7-9/h3-4,7,10H,2,5-6,8,15H2,1H3. The molecule has 0 bridgehead atoms. The van der Waals surface area contributed by atoms with Crippen LogP contribution in [0.3, 0.4) is 0 Å². The summed E-state index contributed by atoms with van der Waals surface area (Å²) in [5.74, 6) is -0.250. The molecule has 16 heavy (non-hydrogen) atoms. The molecule has 90 valence electrons. The van der Waals surface area contributed by atoms with E-state index >= 15 is 0 Å². The number of hydrogen-bond donors (Lipinski definition) is 1. The molecule has 1 atom stereocenters. The molecule has 0 saturated heterocycles. The molecule has 4 heteroatoms. The largest absolute Gasteiger partial charge is 0.380 e. The summed E-state index contributed by atoms with van der Waals surface area (Å²) < 4.78 is 18.8. The number of ether oxygens (including phenoxy) is 1. The summed E-state index contributed by atoms with van der Waals surface area (Å²) in [6.45, 7) is 3.34. The maximum atomic E-state index is 13.0. The quantitative estimate of drug-likeness (QED) is 0.818. The van der Waals surface area contributed by atoms with Crippen LogP contribution in [0.15, 0.2) is 22.7 Å². The van der Waals surface area contributed by atoms with Gasteiger partial charge in [-0.1, -0.05) is 13.0 Å². The zero-order valence-corrected chi connectivity index (χ0v) is 11.0. The van der Waals surface area contributed by atoms with Crippen LogP contribution in [0.2, 0.25) is 0 Å². The lowest BCUT2D eigenvalue weighted by Crippen LogP contribution is -2.28. The predicted molar refractivity (Wildman–Crippen MR) is 66.9 cm³/mol. The molecule has 0 radical (unpaired) electrons. The molecule has 0 aliphatic rings. The van der Waals surface area contributed by atoms with Gasteiger partial charge in [0.25, 0.3) is 0 Å². The summed E-state index contributed by atoms with van der Waals surface area (Å²) in [5.41, 5.74) is 6.92. The lowest BCUT2D eigenvalue weighted by Gasteiger charge is -2.12. The van der Waals surface area contributed by atoms with Crippen LogP contribution in [0, 0.1) is 5.82 Å². The van der Waals surface area contributed by atoms with Gasteiger partial charge in [-0.2, -0.15) is 0 Å². The lowest BCUT2D eigenvalue weighted by atomic mass is 10.1. The van der Waals surface area contributed by atoms with Crippen molar-refractivity contribution in [1.29, 1.82) is 0 Å². The van der Waals surface area contributed by atoms with Crippen molar-refractivity contribution in [3.63, 3.8) is 0 Å². The van der Waals surface area contributed by atoms with Gasteiger partial charge in [0.2, 0.25) is 0 Å². The second-order valence-corrected chi connectivity index (χ2v) is 4.64. The summed E-state index contributed by atoms with van der Waals surface area (Å²) in [6.07, 6.45) is 1.69. The molecule has 0 heterocycles. The van der Waals surface area contributed by atoms with Crippen molar-refractivity contribution in [2.24, 2.45) is 5.73 Å². The minimum Gasteiger partial charge on any atom is -0.380 e. The summed E-state index contributed by atoms with van der Waals surface area (Å²) >= 11 is 3.15. The van der Waals surface area contributed by atoms with Crippen molar-refractivity contribution in [2.75, 3.05) is 13.2 Å². The highest BCUT2D eigenvalue weighted by Gasteiger charge is 2.06. The molecular formula is C12H17BrFNO. The number of rotatable bonds is 6. The summed E-state index contributed by atoms with van der Waals surface area (Å²) in [5, 5.41) is 0. The fraction of sp³-hybridized carbons (Fsp3) is 0.500. The van der Waals surface area contributed by atoms with Gasteiger partial charge in [0.15, 0.2) is 0 Å². The Morgan fingerprint density at radius 1 is 1.50 bits per heavy atom. The summed E-state index contributed by atoms with van der Waals surface area (Å²) in [4.78, 5) is 0. The normalized spacial score (nSPS) is 12.8. The Balaban J connectivity index is 2.43. The predicted octanol–water partition coefficient (Wildman–Crippen LogP) is 2.88. The SMILES string of the molecule is CCCOCC(N)Cc1ccc(F)c(Br)c1. The van der Waals surface area contributed by atoms with E-state index in [1.807, 2.05) is 0 Å². The summed E-state index contributed by atoms with van der Waals surface area (Å²) in [6, 6.07) is 4.91. The van der Waals surface area contributed by atoms with E-state index in [0.717, 1.165) is 18.6 Å². The minimum atomic E-state index is -0.250. The first-order chi connectivity index (χ1) is 7.63. The topological polar surface area (TPSA) is 35.2 Å². The van der Waals surface area contributed by atoms with Crippen LogP contribution in [-0.4, -0.2) is 19.3 Å². The third kappa shape index (κ3) is 4.60. The molecule has 1 aromatic carbocycles. The summed E-state index contributed by atoms with van der Waals surface area (Å²) in [7, 11) is 0. The zero-order chi connectivity index (χ0) is 12.0. The van der Waals surface area contributed by atoms with E-state index in [1.165, 1.54) is 6.07 Å². The van der Waals surface area contributed by atoms with Crippen molar-refractivity contribution in [3.8, 4) is 0 Å². The van der Waals surface area contributed by atoms with Crippen LogP contribution in [-0.2, 0) is 11.2 Å². The van der Waals surface area contributed by atoms with Crippen molar-refractivity contribution in [3.05, 3.63) is 34.1 Å². The van der Waals surface area contributed by atoms with E-state index in [1.54, 1.807) is 12.1 Å². The second kappa shape index (κ2) is 6.99. The number of benzene rings is 1. The van der Waals surface area contributed by atoms with Gasteiger partial charge in [-0.05, 0) is 46.5 Å².